The number of halogens is 3. The summed E-state index contributed by atoms with van der Waals surface area (Å²) in [5.41, 5.74) is 0.384. The molecule has 3 aromatic heterocycles. The van der Waals surface area contributed by atoms with E-state index >= 15 is 0 Å². The van der Waals surface area contributed by atoms with Crippen LogP contribution in [0.1, 0.15) is 46.7 Å². The van der Waals surface area contributed by atoms with E-state index in [0.717, 1.165) is 11.1 Å². The number of carbonyl (C=O) groups excluding carboxylic acids is 1. The highest BCUT2D eigenvalue weighted by Gasteiger charge is 2.54. The van der Waals surface area contributed by atoms with Crippen LogP contribution in [0, 0.1) is 0 Å². The summed E-state index contributed by atoms with van der Waals surface area (Å²) >= 11 is 0. The van der Waals surface area contributed by atoms with E-state index in [-0.39, 0.29) is 29.8 Å². The Balaban J connectivity index is 1.48. The smallest absolute Gasteiger partial charge is 0.434 e. The molecule has 1 atom stereocenters. The van der Waals surface area contributed by atoms with Gasteiger partial charge in [-0.3, -0.25) is 4.79 Å². The predicted octanol–water partition coefficient (Wildman–Crippen LogP) is 4.57. The molecule has 2 aliphatic heterocycles. The topological polar surface area (TPSA) is 72.6 Å². The van der Waals surface area contributed by atoms with E-state index in [9.17, 15) is 18.0 Å². The van der Waals surface area contributed by atoms with Crippen molar-refractivity contribution in [1.29, 1.82) is 0 Å². The summed E-state index contributed by atoms with van der Waals surface area (Å²) in [5, 5.41) is 4.60. The van der Waals surface area contributed by atoms with Crippen LogP contribution in [-0.2, 0) is 11.7 Å². The van der Waals surface area contributed by atoms with Gasteiger partial charge < -0.3 is 9.64 Å². The highest BCUT2D eigenvalue weighted by Crippen LogP contribution is 2.47. The lowest BCUT2D eigenvalue weighted by Crippen LogP contribution is -2.47. The molecule has 0 unspecified atom stereocenters. The van der Waals surface area contributed by atoms with Gasteiger partial charge in [0.15, 0.2) is 11.4 Å². The van der Waals surface area contributed by atoms with Crippen molar-refractivity contribution in [2.24, 2.45) is 0 Å². The molecule has 10 heteroatoms. The number of amides is 1. The first-order valence-electron chi connectivity index (χ1n) is 11.3. The molecule has 35 heavy (non-hydrogen) atoms. The summed E-state index contributed by atoms with van der Waals surface area (Å²) < 4.78 is 47.5. The Labute approximate surface area is 198 Å². The lowest BCUT2D eigenvalue weighted by atomic mass is 9.93. The van der Waals surface area contributed by atoms with Gasteiger partial charge in [-0.15, -0.1) is 0 Å². The summed E-state index contributed by atoms with van der Waals surface area (Å²) in [7, 11) is 0. The van der Waals surface area contributed by atoms with E-state index in [1.807, 2.05) is 48.6 Å². The van der Waals surface area contributed by atoms with Gasteiger partial charge in [0.05, 0.1) is 11.7 Å². The molecule has 1 spiro atoms. The largest absolute Gasteiger partial charge is 0.473 e. The minimum absolute atomic E-state index is 0.00457. The van der Waals surface area contributed by atoms with Crippen molar-refractivity contribution in [1.82, 2.24) is 24.5 Å². The van der Waals surface area contributed by atoms with E-state index < -0.39 is 17.4 Å². The first-order chi connectivity index (χ1) is 16.9. The Morgan fingerprint density at radius 2 is 2.09 bits per heavy atom. The highest BCUT2D eigenvalue weighted by atomic mass is 19.4. The van der Waals surface area contributed by atoms with Crippen LogP contribution in [0.3, 0.4) is 0 Å². The van der Waals surface area contributed by atoms with Gasteiger partial charge in [0.2, 0.25) is 5.88 Å². The Kier molecular flexibility index (Phi) is 4.80. The van der Waals surface area contributed by atoms with Crippen LogP contribution in [0.25, 0.3) is 11.1 Å². The van der Waals surface area contributed by atoms with Crippen LogP contribution in [0.15, 0.2) is 61.0 Å². The minimum Gasteiger partial charge on any atom is -0.473 e. The number of allylic oxidation sites excluding steroid dienone is 6. The van der Waals surface area contributed by atoms with E-state index in [2.05, 4.69) is 15.1 Å². The minimum atomic E-state index is -4.65. The summed E-state index contributed by atoms with van der Waals surface area (Å²) in [5.74, 6) is -0.336. The second-order valence-electron chi connectivity index (χ2n) is 8.72. The van der Waals surface area contributed by atoms with Gasteiger partial charge in [-0.1, -0.05) is 36.4 Å². The van der Waals surface area contributed by atoms with Gasteiger partial charge in [0.25, 0.3) is 5.91 Å². The van der Waals surface area contributed by atoms with Gasteiger partial charge in [0.1, 0.15) is 17.8 Å². The summed E-state index contributed by atoms with van der Waals surface area (Å²) in [4.78, 5) is 23.4. The maximum Gasteiger partial charge on any atom is 0.434 e. The zero-order valence-corrected chi connectivity index (χ0v) is 18.5. The quantitative estimate of drug-likeness (QED) is 0.539. The van der Waals surface area contributed by atoms with Crippen LogP contribution in [0.5, 0.6) is 5.88 Å². The van der Waals surface area contributed by atoms with Gasteiger partial charge in [-0.25, -0.2) is 14.5 Å². The summed E-state index contributed by atoms with van der Waals surface area (Å²) in [6.07, 6.45) is 9.32. The highest BCUT2D eigenvalue weighted by molar-refractivity contribution is 6.03. The lowest BCUT2D eigenvalue weighted by Gasteiger charge is -2.32. The van der Waals surface area contributed by atoms with Crippen molar-refractivity contribution in [3.8, 4) is 5.88 Å². The molecule has 0 aromatic carbocycles. The molecule has 1 fully saturated rings. The molecule has 0 radical (unpaired) electrons. The van der Waals surface area contributed by atoms with Crippen molar-refractivity contribution in [3.63, 3.8) is 0 Å². The fraction of sp³-hybridized carbons (Fsp3) is 0.280. The van der Waals surface area contributed by atoms with Crippen molar-refractivity contribution < 1.29 is 22.7 Å². The number of ether oxygens (including phenoxy) is 1. The van der Waals surface area contributed by atoms with Gasteiger partial charge in [-0.2, -0.15) is 18.3 Å². The van der Waals surface area contributed by atoms with Crippen LogP contribution in [0.4, 0.5) is 13.2 Å². The fourth-order valence-electron chi connectivity index (χ4n) is 5.08. The molecule has 3 aromatic rings. The van der Waals surface area contributed by atoms with Crippen molar-refractivity contribution in [3.05, 3.63) is 83.6 Å². The molecule has 0 bridgehead atoms. The third-order valence-electron chi connectivity index (χ3n) is 6.68. The van der Waals surface area contributed by atoms with Crippen molar-refractivity contribution in [2.45, 2.75) is 31.0 Å². The zero-order valence-electron chi connectivity index (χ0n) is 18.5. The Hall–Kier alpha value is -3.95. The number of aromatic nitrogens is 4. The fourth-order valence-corrected chi connectivity index (χ4v) is 5.08. The maximum absolute atomic E-state index is 14.1. The normalized spacial score (nSPS) is 21.3. The third kappa shape index (κ3) is 3.35. The van der Waals surface area contributed by atoms with Crippen LogP contribution in [0.2, 0.25) is 0 Å². The van der Waals surface area contributed by atoms with Crippen LogP contribution in [-0.4, -0.2) is 43.5 Å². The number of hydrogen-bond acceptors (Lipinski definition) is 5. The predicted molar refractivity (Wildman–Crippen MR) is 121 cm³/mol. The molecule has 3 aliphatic rings. The number of hydrogen-bond donors (Lipinski definition) is 0. The van der Waals surface area contributed by atoms with E-state index in [1.54, 1.807) is 15.6 Å². The van der Waals surface area contributed by atoms with Crippen molar-refractivity contribution >= 4 is 17.0 Å². The molecule has 1 aliphatic carbocycles. The maximum atomic E-state index is 14.1. The standard InChI is InChI=1S/C25H20F3N5O2/c26-25(27,28)18-14-29-22-21(30-18)24(15-35-22)11-7-12-32(24)23(34)20-19(16-8-3-1-2-4-9-16)17-10-5-6-13-33(17)31-20/h1-3,5-6,8-10,13-14H,4,7,11-12,15H2/t24-/m0/s1. The third-order valence-corrected chi connectivity index (χ3v) is 6.68. The second kappa shape index (κ2) is 7.79. The first-order valence-corrected chi connectivity index (χ1v) is 11.3. The molecule has 0 saturated carbocycles. The molecular formula is C25H20F3N5O2. The average molecular weight is 479 g/mol. The number of pyridine rings is 1. The number of likely N-dealkylation sites (tertiary alicyclic amines) is 1. The zero-order chi connectivity index (χ0) is 24.2. The molecule has 0 N–H and O–H groups in total. The molecule has 1 amide bonds. The average Bonchev–Trinajstić information content (AvgIpc) is 3.49. The van der Waals surface area contributed by atoms with E-state index in [1.165, 1.54) is 0 Å². The van der Waals surface area contributed by atoms with Gasteiger partial charge in [0, 0.05) is 18.3 Å². The molecule has 178 valence electrons. The lowest BCUT2D eigenvalue weighted by molar-refractivity contribution is -0.141. The SMILES string of the molecule is O=C(c1nn2ccccc2c1C1=CCC=CC=C1)N1CCC[C@@]12COc1ncc(C(F)(F)F)nc12. The number of carbonyl (C=O) groups is 1. The Morgan fingerprint density at radius 1 is 1.20 bits per heavy atom. The summed E-state index contributed by atoms with van der Waals surface area (Å²) in [6, 6.07) is 5.59. The molecule has 1 saturated heterocycles. The van der Waals surface area contributed by atoms with Crippen molar-refractivity contribution in [2.75, 3.05) is 13.2 Å². The summed E-state index contributed by atoms with van der Waals surface area (Å²) in [6.45, 7) is 0.355. The number of nitrogens with zero attached hydrogens (tertiary/aromatic N) is 5. The first kappa shape index (κ1) is 21.6. The van der Waals surface area contributed by atoms with Gasteiger partial charge >= 0.3 is 6.18 Å². The molecule has 7 nitrogen and oxygen atoms in total. The van der Waals surface area contributed by atoms with E-state index in [4.69, 9.17) is 4.74 Å². The molecule has 5 heterocycles. The monoisotopic (exact) mass is 479 g/mol. The number of fused-ring (bicyclic) bond motifs is 3. The van der Waals surface area contributed by atoms with Crippen LogP contribution < -0.4 is 4.74 Å². The second-order valence-corrected chi connectivity index (χ2v) is 8.72. The molecule has 6 rings (SSSR count). The van der Waals surface area contributed by atoms with Crippen LogP contribution >= 0.6 is 0 Å². The van der Waals surface area contributed by atoms with E-state index in [0.29, 0.717) is 37.6 Å². The molecular weight excluding hydrogens is 459 g/mol. The Morgan fingerprint density at radius 3 is 2.94 bits per heavy atom. The number of alkyl halides is 3. The number of rotatable bonds is 2. The van der Waals surface area contributed by atoms with Gasteiger partial charge in [-0.05, 0) is 37.0 Å². The Bertz CT molecular complexity index is 1440.